The van der Waals surface area contributed by atoms with Crippen LogP contribution in [0.4, 0.5) is 4.39 Å². The molecule has 2 rings (SSSR count). The number of hydrogen-bond acceptors (Lipinski definition) is 1. The van der Waals surface area contributed by atoms with E-state index < -0.39 is 0 Å². The van der Waals surface area contributed by atoms with Crippen LogP contribution in [0, 0.1) is 18.7 Å². The van der Waals surface area contributed by atoms with Crippen LogP contribution in [0.5, 0.6) is 0 Å². The number of rotatable bonds is 2. The zero-order valence-corrected chi connectivity index (χ0v) is 11.1. The van der Waals surface area contributed by atoms with Gasteiger partial charge in [-0.3, -0.25) is 0 Å². The number of halogens is 2. The Hall–Kier alpha value is -0.410. The van der Waals surface area contributed by atoms with Crippen LogP contribution in [0.3, 0.4) is 0 Å². The maximum Gasteiger partial charge on any atom is 0.140 e. The highest BCUT2D eigenvalue weighted by Gasteiger charge is 2.16. The van der Waals surface area contributed by atoms with Crippen LogP contribution < -0.4 is 5.32 Å². The quantitative estimate of drug-likeness (QED) is 0.878. The lowest BCUT2D eigenvalue weighted by atomic mass is 9.91. The smallest absolute Gasteiger partial charge is 0.140 e. The molecule has 1 aliphatic rings. The normalized spacial score (nSPS) is 21.1. The van der Waals surface area contributed by atoms with Crippen LogP contribution in [0.15, 0.2) is 16.6 Å². The van der Waals surface area contributed by atoms with Crippen molar-refractivity contribution in [2.75, 3.05) is 13.1 Å². The van der Waals surface area contributed by atoms with Gasteiger partial charge in [-0.25, -0.2) is 4.39 Å². The summed E-state index contributed by atoms with van der Waals surface area (Å²) in [5, 5.41) is 3.37. The second kappa shape index (κ2) is 5.28. The predicted octanol–water partition coefficient (Wildman–Crippen LogP) is 3.44. The van der Waals surface area contributed by atoms with Gasteiger partial charge in [0.15, 0.2) is 0 Å². The maximum atomic E-state index is 13.9. The fraction of sp³-hybridized carbons (Fsp3) is 0.538. The molecule has 1 saturated heterocycles. The van der Waals surface area contributed by atoms with Gasteiger partial charge in [0.2, 0.25) is 0 Å². The van der Waals surface area contributed by atoms with Gasteiger partial charge in [-0.15, -0.1) is 0 Å². The van der Waals surface area contributed by atoms with Crippen LogP contribution in [-0.4, -0.2) is 13.1 Å². The first-order valence-electron chi connectivity index (χ1n) is 5.82. The maximum absolute atomic E-state index is 13.9. The first-order chi connectivity index (χ1) is 7.66. The van der Waals surface area contributed by atoms with Gasteiger partial charge in [-0.05, 0) is 78.3 Å². The van der Waals surface area contributed by atoms with Crippen molar-refractivity contribution in [3.8, 4) is 0 Å². The van der Waals surface area contributed by atoms with E-state index in [1.807, 2.05) is 19.1 Å². The minimum atomic E-state index is -0.0869. The summed E-state index contributed by atoms with van der Waals surface area (Å²) in [6.45, 7) is 4.13. The lowest BCUT2D eigenvalue weighted by molar-refractivity contribution is 0.372. The van der Waals surface area contributed by atoms with Crippen LogP contribution in [0.1, 0.15) is 24.0 Å². The summed E-state index contributed by atoms with van der Waals surface area (Å²) in [5.74, 6) is 0.494. The van der Waals surface area contributed by atoms with Crippen molar-refractivity contribution in [3.05, 3.63) is 33.5 Å². The highest BCUT2D eigenvalue weighted by atomic mass is 79.9. The average Bonchev–Trinajstić information content (AvgIpc) is 2.27. The van der Waals surface area contributed by atoms with E-state index in [0.29, 0.717) is 10.4 Å². The van der Waals surface area contributed by atoms with Crippen molar-refractivity contribution in [2.45, 2.75) is 26.2 Å². The van der Waals surface area contributed by atoms with Gasteiger partial charge in [0, 0.05) is 0 Å². The number of aryl methyl sites for hydroxylation is 1. The summed E-state index contributed by atoms with van der Waals surface area (Å²) in [5.41, 5.74) is 1.97. The van der Waals surface area contributed by atoms with Crippen molar-refractivity contribution >= 4 is 15.9 Å². The predicted molar refractivity (Wildman–Crippen MR) is 68.1 cm³/mol. The molecule has 1 fully saturated rings. The summed E-state index contributed by atoms with van der Waals surface area (Å²) in [4.78, 5) is 0. The Morgan fingerprint density at radius 2 is 2.31 bits per heavy atom. The topological polar surface area (TPSA) is 12.0 Å². The Kier molecular flexibility index (Phi) is 3.98. The van der Waals surface area contributed by atoms with E-state index in [4.69, 9.17) is 0 Å². The fourth-order valence-electron chi connectivity index (χ4n) is 2.35. The Labute approximate surface area is 105 Å². The van der Waals surface area contributed by atoms with E-state index in [9.17, 15) is 4.39 Å². The van der Waals surface area contributed by atoms with Crippen LogP contribution in [0.25, 0.3) is 0 Å². The molecule has 1 unspecified atom stereocenters. The van der Waals surface area contributed by atoms with E-state index in [0.717, 1.165) is 30.6 Å². The molecular weight excluding hydrogens is 269 g/mol. The third kappa shape index (κ3) is 2.83. The molecule has 16 heavy (non-hydrogen) atoms. The summed E-state index contributed by atoms with van der Waals surface area (Å²) >= 11 is 3.27. The summed E-state index contributed by atoms with van der Waals surface area (Å²) in [6.07, 6.45) is 3.26. The van der Waals surface area contributed by atoms with Crippen molar-refractivity contribution in [3.63, 3.8) is 0 Å². The lowest BCUT2D eigenvalue weighted by Crippen LogP contribution is -2.31. The minimum Gasteiger partial charge on any atom is -0.316 e. The van der Waals surface area contributed by atoms with Gasteiger partial charge in [-0.1, -0.05) is 6.07 Å². The minimum absolute atomic E-state index is 0.0869. The van der Waals surface area contributed by atoms with Crippen molar-refractivity contribution in [2.24, 2.45) is 5.92 Å². The average molecular weight is 286 g/mol. The standard InChI is InChI=1S/C13H17BrFN/c1-9-5-11(13(15)12(14)6-9)7-10-3-2-4-16-8-10/h5-6,10,16H,2-4,7-8H2,1H3. The molecule has 0 radical (unpaired) electrons. The monoisotopic (exact) mass is 285 g/mol. The third-order valence-corrected chi connectivity index (χ3v) is 3.73. The molecule has 1 aromatic rings. The van der Waals surface area contributed by atoms with E-state index in [1.54, 1.807) is 0 Å². The SMILES string of the molecule is Cc1cc(Br)c(F)c(CC2CCCNC2)c1. The Morgan fingerprint density at radius 1 is 1.50 bits per heavy atom. The number of hydrogen-bond donors (Lipinski definition) is 1. The van der Waals surface area contributed by atoms with Gasteiger partial charge in [-0.2, -0.15) is 0 Å². The number of benzene rings is 1. The zero-order chi connectivity index (χ0) is 11.5. The molecule has 1 aromatic carbocycles. The molecule has 3 heteroatoms. The van der Waals surface area contributed by atoms with Gasteiger partial charge in [0.1, 0.15) is 5.82 Å². The van der Waals surface area contributed by atoms with Crippen molar-refractivity contribution in [1.29, 1.82) is 0 Å². The molecule has 1 aliphatic heterocycles. The molecule has 0 bridgehead atoms. The molecular formula is C13H17BrFN. The molecule has 1 N–H and O–H groups in total. The molecule has 1 nitrogen and oxygen atoms in total. The largest absolute Gasteiger partial charge is 0.316 e. The van der Waals surface area contributed by atoms with Gasteiger partial charge in [0.05, 0.1) is 4.47 Å². The summed E-state index contributed by atoms with van der Waals surface area (Å²) < 4.78 is 14.5. The Morgan fingerprint density at radius 3 is 3.00 bits per heavy atom. The molecule has 0 aromatic heterocycles. The lowest BCUT2D eigenvalue weighted by Gasteiger charge is -2.23. The first-order valence-corrected chi connectivity index (χ1v) is 6.61. The first kappa shape index (κ1) is 12.1. The molecule has 1 atom stereocenters. The molecule has 88 valence electrons. The Balaban J connectivity index is 2.13. The van der Waals surface area contributed by atoms with Crippen LogP contribution >= 0.6 is 15.9 Å². The molecule has 0 spiro atoms. The van der Waals surface area contributed by atoms with E-state index >= 15 is 0 Å². The van der Waals surface area contributed by atoms with E-state index in [2.05, 4.69) is 21.2 Å². The van der Waals surface area contributed by atoms with Gasteiger partial charge >= 0.3 is 0 Å². The zero-order valence-electron chi connectivity index (χ0n) is 9.52. The number of piperidine rings is 1. The van der Waals surface area contributed by atoms with Gasteiger partial charge < -0.3 is 5.32 Å². The molecule has 0 saturated carbocycles. The van der Waals surface area contributed by atoms with Crippen molar-refractivity contribution in [1.82, 2.24) is 5.32 Å². The second-order valence-corrected chi connectivity index (χ2v) is 5.49. The van der Waals surface area contributed by atoms with E-state index in [1.165, 1.54) is 12.8 Å². The molecule has 0 aliphatic carbocycles. The number of nitrogens with one attached hydrogen (secondary N) is 1. The highest BCUT2D eigenvalue weighted by molar-refractivity contribution is 9.10. The molecule has 1 heterocycles. The van der Waals surface area contributed by atoms with Gasteiger partial charge in [0.25, 0.3) is 0 Å². The highest BCUT2D eigenvalue weighted by Crippen LogP contribution is 2.25. The van der Waals surface area contributed by atoms with Crippen LogP contribution in [0.2, 0.25) is 0 Å². The van der Waals surface area contributed by atoms with Crippen molar-refractivity contribution < 1.29 is 4.39 Å². The third-order valence-electron chi connectivity index (χ3n) is 3.16. The summed E-state index contributed by atoms with van der Waals surface area (Å²) in [7, 11) is 0. The molecule has 0 amide bonds. The Bertz CT molecular complexity index is 372. The van der Waals surface area contributed by atoms with Crippen LogP contribution in [-0.2, 0) is 6.42 Å². The summed E-state index contributed by atoms with van der Waals surface area (Å²) in [6, 6.07) is 3.80. The van der Waals surface area contributed by atoms with E-state index in [-0.39, 0.29) is 5.82 Å². The second-order valence-electron chi connectivity index (χ2n) is 4.64. The fourth-order valence-corrected chi connectivity index (χ4v) is 2.97.